The molecule has 0 aliphatic carbocycles. The topological polar surface area (TPSA) is 29.1 Å². The second kappa shape index (κ2) is 7.22. The van der Waals surface area contributed by atoms with E-state index in [9.17, 15) is 13.6 Å². The SMILES string of the molecule is CCc1ccc(NC(=O)c2ccc(SC(F)F)cc2)cc1. The molecule has 1 N–H and O–H groups in total. The number of rotatable bonds is 5. The van der Waals surface area contributed by atoms with Gasteiger partial charge in [-0.2, -0.15) is 8.78 Å². The number of carbonyl (C=O) groups is 1. The average molecular weight is 307 g/mol. The second-order valence-electron chi connectivity index (χ2n) is 4.41. The Labute approximate surface area is 126 Å². The van der Waals surface area contributed by atoms with Crippen LogP contribution < -0.4 is 5.32 Å². The molecule has 0 heterocycles. The van der Waals surface area contributed by atoms with Gasteiger partial charge in [-0.15, -0.1) is 0 Å². The third kappa shape index (κ3) is 4.56. The fraction of sp³-hybridized carbons (Fsp3) is 0.188. The third-order valence-electron chi connectivity index (χ3n) is 2.96. The zero-order chi connectivity index (χ0) is 15.2. The molecule has 0 atom stereocenters. The van der Waals surface area contributed by atoms with E-state index in [1.165, 1.54) is 17.7 Å². The van der Waals surface area contributed by atoms with E-state index in [0.717, 1.165) is 6.42 Å². The molecule has 1 amide bonds. The molecule has 0 aliphatic rings. The maximum Gasteiger partial charge on any atom is 0.288 e. The largest absolute Gasteiger partial charge is 0.322 e. The molecule has 2 aromatic rings. The van der Waals surface area contributed by atoms with Gasteiger partial charge in [0.25, 0.3) is 11.7 Å². The van der Waals surface area contributed by atoms with Gasteiger partial charge in [0.1, 0.15) is 0 Å². The Morgan fingerprint density at radius 2 is 1.71 bits per heavy atom. The van der Waals surface area contributed by atoms with Gasteiger partial charge in [0.2, 0.25) is 0 Å². The molecule has 0 spiro atoms. The maximum atomic E-state index is 12.2. The highest BCUT2D eigenvalue weighted by molar-refractivity contribution is 7.99. The summed E-state index contributed by atoms with van der Waals surface area (Å²) >= 11 is 0.462. The standard InChI is InChI=1S/C16H15F2NOS/c1-2-11-3-7-13(8-4-11)19-15(20)12-5-9-14(10-6-12)21-16(17)18/h3-10,16H,2H2,1H3,(H,19,20). The van der Waals surface area contributed by atoms with E-state index in [2.05, 4.69) is 12.2 Å². The number of thioether (sulfide) groups is 1. The maximum absolute atomic E-state index is 12.2. The van der Waals surface area contributed by atoms with Crippen molar-refractivity contribution in [3.63, 3.8) is 0 Å². The molecular weight excluding hydrogens is 292 g/mol. The van der Waals surface area contributed by atoms with Crippen molar-refractivity contribution in [2.45, 2.75) is 24.0 Å². The molecule has 0 saturated heterocycles. The molecule has 2 aromatic carbocycles. The molecule has 0 bridgehead atoms. The van der Waals surface area contributed by atoms with E-state index in [1.807, 2.05) is 24.3 Å². The molecule has 5 heteroatoms. The smallest absolute Gasteiger partial charge is 0.288 e. The number of hydrogen-bond acceptors (Lipinski definition) is 2. The van der Waals surface area contributed by atoms with Crippen LogP contribution in [-0.2, 0) is 6.42 Å². The lowest BCUT2D eigenvalue weighted by Gasteiger charge is -2.07. The first kappa shape index (κ1) is 15.5. The lowest BCUT2D eigenvalue weighted by molar-refractivity contribution is 0.102. The van der Waals surface area contributed by atoms with Gasteiger partial charge in [-0.1, -0.05) is 30.8 Å². The van der Waals surface area contributed by atoms with Crippen LogP contribution in [0, 0.1) is 0 Å². The van der Waals surface area contributed by atoms with Crippen LogP contribution in [0.25, 0.3) is 0 Å². The highest BCUT2D eigenvalue weighted by atomic mass is 32.2. The molecule has 0 saturated carbocycles. The van der Waals surface area contributed by atoms with Crippen molar-refractivity contribution in [2.75, 3.05) is 5.32 Å². The number of anilines is 1. The number of aryl methyl sites for hydroxylation is 1. The second-order valence-corrected chi connectivity index (χ2v) is 5.47. The molecule has 2 nitrogen and oxygen atoms in total. The number of hydrogen-bond donors (Lipinski definition) is 1. The van der Waals surface area contributed by atoms with E-state index in [4.69, 9.17) is 0 Å². The summed E-state index contributed by atoms with van der Waals surface area (Å²) in [7, 11) is 0. The Bertz CT molecular complexity index is 597. The summed E-state index contributed by atoms with van der Waals surface area (Å²) in [6, 6.07) is 13.7. The van der Waals surface area contributed by atoms with Crippen LogP contribution in [-0.4, -0.2) is 11.7 Å². The van der Waals surface area contributed by atoms with E-state index in [0.29, 0.717) is 27.9 Å². The summed E-state index contributed by atoms with van der Waals surface area (Å²) in [4.78, 5) is 12.5. The Kier molecular flexibility index (Phi) is 5.33. The Balaban J connectivity index is 2.02. The fourth-order valence-corrected chi connectivity index (χ4v) is 2.31. The van der Waals surface area contributed by atoms with Crippen LogP contribution in [0.2, 0.25) is 0 Å². The lowest BCUT2D eigenvalue weighted by Crippen LogP contribution is -2.11. The Hall–Kier alpha value is -1.88. The molecule has 0 aliphatic heterocycles. The van der Waals surface area contributed by atoms with Gasteiger partial charge in [0.15, 0.2) is 0 Å². The number of alkyl halides is 2. The van der Waals surface area contributed by atoms with Crippen LogP contribution >= 0.6 is 11.8 Å². The summed E-state index contributed by atoms with van der Waals surface area (Å²) in [5.74, 6) is -2.71. The van der Waals surface area contributed by atoms with Gasteiger partial charge in [-0.25, -0.2) is 0 Å². The van der Waals surface area contributed by atoms with Crippen molar-refractivity contribution in [1.29, 1.82) is 0 Å². The molecule has 21 heavy (non-hydrogen) atoms. The van der Waals surface area contributed by atoms with Crippen molar-refractivity contribution in [3.8, 4) is 0 Å². The molecular formula is C16H15F2NOS. The van der Waals surface area contributed by atoms with E-state index < -0.39 is 5.76 Å². The Morgan fingerprint density at radius 1 is 1.10 bits per heavy atom. The Morgan fingerprint density at radius 3 is 2.24 bits per heavy atom. The first-order chi connectivity index (χ1) is 10.1. The van der Waals surface area contributed by atoms with Crippen molar-refractivity contribution in [1.82, 2.24) is 0 Å². The number of benzene rings is 2. The van der Waals surface area contributed by atoms with Gasteiger partial charge < -0.3 is 5.32 Å². The molecule has 0 unspecified atom stereocenters. The summed E-state index contributed by atoms with van der Waals surface area (Å²) in [6.45, 7) is 2.06. The van der Waals surface area contributed by atoms with Gasteiger partial charge in [-0.05, 0) is 48.4 Å². The number of halogens is 2. The predicted molar refractivity (Wildman–Crippen MR) is 82.1 cm³/mol. The summed E-state index contributed by atoms with van der Waals surface area (Å²) in [5.41, 5.74) is 2.35. The number of amides is 1. The monoisotopic (exact) mass is 307 g/mol. The average Bonchev–Trinajstić information content (AvgIpc) is 2.48. The summed E-state index contributed by atoms with van der Waals surface area (Å²) in [6.07, 6.45) is 0.942. The minimum Gasteiger partial charge on any atom is -0.322 e. The normalized spacial score (nSPS) is 10.7. The zero-order valence-corrected chi connectivity index (χ0v) is 12.3. The first-order valence-corrected chi connectivity index (χ1v) is 7.41. The van der Waals surface area contributed by atoms with Crippen LogP contribution in [0.4, 0.5) is 14.5 Å². The highest BCUT2D eigenvalue weighted by Gasteiger charge is 2.08. The molecule has 110 valence electrons. The lowest BCUT2D eigenvalue weighted by atomic mass is 10.1. The van der Waals surface area contributed by atoms with Crippen molar-refractivity contribution >= 4 is 23.4 Å². The quantitative estimate of drug-likeness (QED) is 0.803. The van der Waals surface area contributed by atoms with Crippen molar-refractivity contribution in [2.24, 2.45) is 0 Å². The fourth-order valence-electron chi connectivity index (χ4n) is 1.81. The van der Waals surface area contributed by atoms with Gasteiger partial charge in [-0.3, -0.25) is 4.79 Å². The van der Waals surface area contributed by atoms with Crippen molar-refractivity contribution < 1.29 is 13.6 Å². The van der Waals surface area contributed by atoms with Crippen molar-refractivity contribution in [3.05, 3.63) is 59.7 Å². The molecule has 0 fully saturated rings. The molecule has 0 radical (unpaired) electrons. The number of nitrogens with one attached hydrogen (secondary N) is 1. The van der Waals surface area contributed by atoms with Gasteiger partial charge in [0.05, 0.1) is 0 Å². The van der Waals surface area contributed by atoms with Crippen LogP contribution in [0.5, 0.6) is 0 Å². The minimum absolute atomic E-state index is 0.257. The summed E-state index contributed by atoms with van der Waals surface area (Å²) in [5, 5.41) is 2.78. The first-order valence-electron chi connectivity index (χ1n) is 6.53. The summed E-state index contributed by atoms with van der Waals surface area (Å²) < 4.78 is 24.4. The predicted octanol–water partition coefficient (Wildman–Crippen LogP) is 4.82. The van der Waals surface area contributed by atoms with E-state index in [-0.39, 0.29) is 5.91 Å². The number of carbonyl (C=O) groups excluding carboxylic acids is 1. The minimum atomic E-state index is -2.46. The zero-order valence-electron chi connectivity index (χ0n) is 11.5. The van der Waals surface area contributed by atoms with Crippen LogP contribution in [0.1, 0.15) is 22.8 Å². The molecule has 2 rings (SSSR count). The van der Waals surface area contributed by atoms with E-state index in [1.54, 1.807) is 12.1 Å². The van der Waals surface area contributed by atoms with E-state index >= 15 is 0 Å². The van der Waals surface area contributed by atoms with Gasteiger partial charge >= 0.3 is 0 Å². The highest BCUT2D eigenvalue weighted by Crippen LogP contribution is 2.25. The third-order valence-corrected chi connectivity index (χ3v) is 3.68. The van der Waals surface area contributed by atoms with Gasteiger partial charge in [0, 0.05) is 16.1 Å². The molecule has 0 aromatic heterocycles. The van der Waals surface area contributed by atoms with Crippen LogP contribution in [0.3, 0.4) is 0 Å². The van der Waals surface area contributed by atoms with Crippen LogP contribution in [0.15, 0.2) is 53.4 Å².